The van der Waals surface area contributed by atoms with Gasteiger partial charge < -0.3 is 9.47 Å². The molecule has 0 fully saturated rings. The molecular weight excluding hydrogens is 474 g/mol. The van der Waals surface area contributed by atoms with Crippen molar-refractivity contribution in [2.24, 2.45) is 0 Å². The fourth-order valence-corrected chi connectivity index (χ4v) is 4.16. The number of nitrogens with zero attached hydrogens (tertiary/aromatic N) is 3. The van der Waals surface area contributed by atoms with Crippen molar-refractivity contribution in [3.05, 3.63) is 71.5 Å². The summed E-state index contributed by atoms with van der Waals surface area (Å²) in [5.41, 5.74) is 2.62. The maximum Gasteiger partial charge on any atom is 0.343 e. The first-order valence-corrected chi connectivity index (χ1v) is 13.9. The quantitative estimate of drug-likeness (QED) is 0.109. The minimum absolute atomic E-state index is 0.301. The number of rotatable bonds is 16. The number of hydrogen-bond donors (Lipinski definition) is 0. The third-order valence-electron chi connectivity index (χ3n) is 6.44. The molecule has 2 aromatic carbocycles. The molecule has 0 spiro atoms. The largest absolute Gasteiger partial charge is 0.492 e. The maximum atomic E-state index is 12.7. The molecule has 38 heavy (non-hydrogen) atoms. The third-order valence-corrected chi connectivity index (χ3v) is 6.44. The van der Waals surface area contributed by atoms with Gasteiger partial charge in [-0.3, -0.25) is 0 Å². The zero-order chi connectivity index (χ0) is 27.0. The number of nitriles is 1. The van der Waals surface area contributed by atoms with Crippen LogP contribution >= 0.6 is 0 Å². The van der Waals surface area contributed by atoms with Crippen molar-refractivity contribution in [3.63, 3.8) is 0 Å². The number of aryl methyl sites for hydroxylation is 1. The Morgan fingerprint density at radius 3 is 2.18 bits per heavy atom. The summed E-state index contributed by atoms with van der Waals surface area (Å²) in [6, 6.07) is 14.0. The van der Waals surface area contributed by atoms with Crippen molar-refractivity contribution in [3.8, 4) is 29.0 Å². The van der Waals surface area contributed by atoms with Crippen LogP contribution in [0.2, 0.25) is 0 Å². The van der Waals surface area contributed by atoms with Gasteiger partial charge in [-0.1, -0.05) is 65.2 Å². The molecule has 1 heterocycles. The molecule has 0 atom stereocenters. The van der Waals surface area contributed by atoms with E-state index in [1.54, 1.807) is 24.3 Å². The van der Waals surface area contributed by atoms with Gasteiger partial charge in [-0.05, 0) is 67.3 Å². The monoisotopic (exact) mass is 513 g/mol. The summed E-state index contributed by atoms with van der Waals surface area (Å²) in [5, 5.41) is 9.54. The Morgan fingerprint density at radius 2 is 1.50 bits per heavy atom. The summed E-state index contributed by atoms with van der Waals surface area (Å²) in [6.07, 6.45) is 16.6. The van der Waals surface area contributed by atoms with Gasteiger partial charge in [-0.2, -0.15) is 5.26 Å². The summed E-state index contributed by atoms with van der Waals surface area (Å²) in [4.78, 5) is 21.7. The van der Waals surface area contributed by atoms with Gasteiger partial charge in [0.1, 0.15) is 17.6 Å². The standard InChI is InChI=1S/C32H39N3O3/c1-3-5-7-9-10-12-20-37-30-19-16-27(21-28(30)22-33)32(36)38-29-17-14-26(15-18-29)31-34-23-25(24-35-31)13-11-8-6-4-2/h14-19,21,23-24H,3-13,20H2,1-2H3. The molecule has 0 aliphatic rings. The molecule has 0 aliphatic carbocycles. The second kappa shape index (κ2) is 16.2. The van der Waals surface area contributed by atoms with Gasteiger partial charge in [0.2, 0.25) is 0 Å². The number of carbonyl (C=O) groups excluding carboxylic acids is 1. The number of esters is 1. The Balaban J connectivity index is 1.52. The zero-order valence-corrected chi connectivity index (χ0v) is 22.7. The molecule has 0 N–H and O–H groups in total. The third kappa shape index (κ3) is 9.30. The van der Waals surface area contributed by atoms with Crippen molar-refractivity contribution in [1.82, 2.24) is 9.97 Å². The normalized spacial score (nSPS) is 10.7. The van der Waals surface area contributed by atoms with Crippen molar-refractivity contribution < 1.29 is 14.3 Å². The minimum atomic E-state index is -0.527. The molecule has 0 saturated carbocycles. The van der Waals surface area contributed by atoms with E-state index in [2.05, 4.69) is 29.9 Å². The minimum Gasteiger partial charge on any atom is -0.492 e. The highest BCUT2D eigenvalue weighted by atomic mass is 16.5. The molecule has 3 aromatic rings. The van der Waals surface area contributed by atoms with Gasteiger partial charge in [0, 0.05) is 18.0 Å². The summed E-state index contributed by atoms with van der Waals surface area (Å²) in [6.45, 7) is 4.97. The predicted molar refractivity (Wildman–Crippen MR) is 150 cm³/mol. The maximum absolute atomic E-state index is 12.7. The van der Waals surface area contributed by atoms with E-state index in [0.717, 1.165) is 36.8 Å². The Morgan fingerprint density at radius 1 is 0.842 bits per heavy atom. The number of unbranched alkanes of at least 4 members (excludes halogenated alkanes) is 8. The van der Waals surface area contributed by atoms with E-state index in [0.29, 0.717) is 35.1 Å². The summed E-state index contributed by atoms with van der Waals surface area (Å²) in [5.74, 6) is 1.01. The molecule has 6 heteroatoms. The highest BCUT2D eigenvalue weighted by Gasteiger charge is 2.13. The molecule has 0 bridgehead atoms. The van der Waals surface area contributed by atoms with Crippen molar-refractivity contribution in [2.45, 2.75) is 84.5 Å². The number of aromatic nitrogens is 2. The second-order valence-corrected chi connectivity index (χ2v) is 9.58. The van der Waals surface area contributed by atoms with Crippen LogP contribution in [0.3, 0.4) is 0 Å². The average Bonchev–Trinajstić information content (AvgIpc) is 2.95. The van der Waals surface area contributed by atoms with Crippen LogP contribution < -0.4 is 9.47 Å². The van der Waals surface area contributed by atoms with Crippen LogP contribution in [0.25, 0.3) is 11.4 Å². The molecule has 0 radical (unpaired) electrons. The van der Waals surface area contributed by atoms with Gasteiger partial charge in [-0.25, -0.2) is 14.8 Å². The van der Waals surface area contributed by atoms with E-state index < -0.39 is 5.97 Å². The van der Waals surface area contributed by atoms with Crippen LogP contribution in [0, 0.1) is 11.3 Å². The second-order valence-electron chi connectivity index (χ2n) is 9.58. The molecular formula is C32H39N3O3. The summed E-state index contributed by atoms with van der Waals surface area (Å²) >= 11 is 0. The number of hydrogen-bond acceptors (Lipinski definition) is 6. The zero-order valence-electron chi connectivity index (χ0n) is 22.7. The number of ether oxygens (including phenoxy) is 2. The highest BCUT2D eigenvalue weighted by Crippen LogP contribution is 2.23. The van der Waals surface area contributed by atoms with Gasteiger partial charge >= 0.3 is 5.97 Å². The lowest BCUT2D eigenvalue weighted by atomic mass is 10.1. The number of benzene rings is 2. The van der Waals surface area contributed by atoms with E-state index in [4.69, 9.17) is 9.47 Å². The first-order chi connectivity index (χ1) is 18.6. The van der Waals surface area contributed by atoms with Crippen LogP contribution in [0.15, 0.2) is 54.9 Å². The lowest BCUT2D eigenvalue weighted by molar-refractivity contribution is 0.0734. The Kier molecular flexibility index (Phi) is 12.3. The van der Waals surface area contributed by atoms with Gasteiger partial charge in [0.15, 0.2) is 5.82 Å². The highest BCUT2D eigenvalue weighted by molar-refractivity contribution is 5.91. The van der Waals surface area contributed by atoms with Gasteiger partial charge in [0.05, 0.1) is 17.7 Å². The van der Waals surface area contributed by atoms with Crippen LogP contribution in [-0.2, 0) is 6.42 Å². The molecule has 0 unspecified atom stereocenters. The Hall–Kier alpha value is -3.72. The average molecular weight is 514 g/mol. The molecule has 200 valence electrons. The summed E-state index contributed by atoms with van der Waals surface area (Å²) in [7, 11) is 0. The smallest absolute Gasteiger partial charge is 0.343 e. The van der Waals surface area contributed by atoms with E-state index in [9.17, 15) is 10.1 Å². The molecule has 1 aromatic heterocycles. The molecule has 0 aliphatic heterocycles. The fourth-order valence-electron chi connectivity index (χ4n) is 4.16. The van der Waals surface area contributed by atoms with Gasteiger partial charge in [0.25, 0.3) is 0 Å². The van der Waals surface area contributed by atoms with E-state index in [1.165, 1.54) is 51.0 Å². The number of carbonyl (C=O) groups is 1. The first-order valence-electron chi connectivity index (χ1n) is 13.9. The fraction of sp³-hybridized carbons (Fsp3) is 0.438. The van der Waals surface area contributed by atoms with Crippen molar-refractivity contribution in [1.29, 1.82) is 5.26 Å². The molecule has 0 saturated heterocycles. The lowest BCUT2D eigenvalue weighted by Gasteiger charge is -2.10. The lowest BCUT2D eigenvalue weighted by Crippen LogP contribution is -2.09. The summed E-state index contributed by atoms with van der Waals surface area (Å²) < 4.78 is 11.3. The molecule has 3 rings (SSSR count). The first kappa shape index (κ1) is 28.8. The SMILES string of the molecule is CCCCCCCCOc1ccc(C(=O)Oc2ccc(-c3ncc(CCCCCC)cn3)cc2)cc1C#N. The van der Waals surface area contributed by atoms with Crippen molar-refractivity contribution in [2.75, 3.05) is 6.61 Å². The molecule has 0 amide bonds. The van der Waals surface area contributed by atoms with Crippen LogP contribution in [0.1, 0.15) is 99.5 Å². The van der Waals surface area contributed by atoms with Crippen LogP contribution in [0.5, 0.6) is 11.5 Å². The van der Waals surface area contributed by atoms with Crippen molar-refractivity contribution >= 4 is 5.97 Å². The van der Waals surface area contributed by atoms with Gasteiger partial charge in [-0.15, -0.1) is 0 Å². The Bertz CT molecular complexity index is 1170. The Labute approximate surface area is 227 Å². The van der Waals surface area contributed by atoms with E-state index >= 15 is 0 Å². The van der Waals surface area contributed by atoms with Crippen LogP contribution in [-0.4, -0.2) is 22.5 Å². The predicted octanol–water partition coefficient (Wildman–Crippen LogP) is 8.10. The van der Waals surface area contributed by atoms with E-state index in [1.807, 2.05) is 24.5 Å². The molecule has 6 nitrogen and oxygen atoms in total. The van der Waals surface area contributed by atoms with Crippen LogP contribution in [0.4, 0.5) is 0 Å². The van der Waals surface area contributed by atoms with E-state index in [-0.39, 0.29) is 0 Å². The topological polar surface area (TPSA) is 85.1 Å².